The van der Waals surface area contributed by atoms with E-state index < -0.39 is 0 Å². The monoisotopic (exact) mass is 575 g/mol. The van der Waals surface area contributed by atoms with Gasteiger partial charge in [-0.25, -0.2) is 0 Å². The maximum absolute atomic E-state index is 2.66. The Kier molecular flexibility index (Phi) is 28.8. The van der Waals surface area contributed by atoms with E-state index in [1.165, 1.54) is 212 Å². The van der Waals surface area contributed by atoms with Crippen LogP contribution in [0.3, 0.4) is 0 Å². The summed E-state index contributed by atoms with van der Waals surface area (Å²) in [6.45, 7) is 9.49. The average molecular weight is 575 g/mol. The van der Waals surface area contributed by atoms with Gasteiger partial charge >= 0.3 is 0 Å². The fourth-order valence-electron chi connectivity index (χ4n) is 6.75. The lowest BCUT2D eigenvalue weighted by molar-refractivity contribution is 0.138. The van der Waals surface area contributed by atoms with Crippen molar-refractivity contribution in [1.29, 1.82) is 0 Å². The number of hydrogen-bond donors (Lipinski definition) is 0. The molecule has 244 valence electrons. The van der Waals surface area contributed by atoms with Crippen LogP contribution in [0, 0.1) is 0 Å². The highest BCUT2D eigenvalue weighted by atomic mass is 15.4. The summed E-state index contributed by atoms with van der Waals surface area (Å²) in [7, 11) is 0. The molecule has 0 aromatic carbocycles. The van der Waals surface area contributed by atoms with E-state index in [1.54, 1.807) is 0 Å². The van der Waals surface area contributed by atoms with Crippen molar-refractivity contribution in [3.8, 4) is 0 Å². The standard InChI is InChI=1S/C39H78N2/c1-4-7-9-11-13-15-17-19-20-21-22-23-25-27-29-31-33-36-41-38-37-40(39(41)34-6-3)35-32-30-28-26-24-18-16-14-12-10-8-5-2/h37-39H,4-36H2,1-3H3. The van der Waals surface area contributed by atoms with Crippen LogP contribution >= 0.6 is 0 Å². The van der Waals surface area contributed by atoms with Crippen molar-refractivity contribution in [3.05, 3.63) is 12.4 Å². The average Bonchev–Trinajstić information content (AvgIpc) is 3.36. The predicted octanol–water partition coefficient (Wildman–Crippen LogP) is 13.6. The molecule has 1 atom stereocenters. The molecule has 41 heavy (non-hydrogen) atoms. The Hall–Kier alpha value is -0.660. The van der Waals surface area contributed by atoms with Gasteiger partial charge in [-0.1, -0.05) is 201 Å². The van der Waals surface area contributed by atoms with Crippen molar-refractivity contribution in [2.24, 2.45) is 0 Å². The van der Waals surface area contributed by atoms with E-state index in [0.29, 0.717) is 6.17 Å². The first-order chi connectivity index (χ1) is 20.3. The van der Waals surface area contributed by atoms with Gasteiger partial charge in [0, 0.05) is 25.5 Å². The summed E-state index contributed by atoms with van der Waals surface area (Å²) in [6.07, 6.45) is 50.0. The summed E-state index contributed by atoms with van der Waals surface area (Å²) in [6, 6.07) is 0. The van der Waals surface area contributed by atoms with Crippen molar-refractivity contribution in [2.75, 3.05) is 13.1 Å². The zero-order valence-corrected chi connectivity index (χ0v) is 29.0. The van der Waals surface area contributed by atoms with Gasteiger partial charge in [0.05, 0.1) is 0 Å². The predicted molar refractivity (Wildman–Crippen MR) is 186 cm³/mol. The third kappa shape index (κ3) is 23.5. The van der Waals surface area contributed by atoms with Crippen LogP contribution in [0.2, 0.25) is 0 Å². The molecular weight excluding hydrogens is 496 g/mol. The molecule has 0 saturated carbocycles. The first-order valence-corrected chi connectivity index (χ1v) is 19.5. The first-order valence-electron chi connectivity index (χ1n) is 19.5. The van der Waals surface area contributed by atoms with Crippen LogP contribution in [-0.4, -0.2) is 29.1 Å². The summed E-state index contributed by atoms with van der Waals surface area (Å²) in [5.41, 5.74) is 0. The largest absolute Gasteiger partial charge is 0.356 e. The van der Waals surface area contributed by atoms with Gasteiger partial charge in [-0.3, -0.25) is 0 Å². The molecule has 0 N–H and O–H groups in total. The molecule has 0 bridgehead atoms. The molecule has 1 rings (SSSR count). The highest BCUT2D eigenvalue weighted by Crippen LogP contribution is 2.23. The van der Waals surface area contributed by atoms with Crippen molar-refractivity contribution < 1.29 is 0 Å². The summed E-state index contributed by atoms with van der Waals surface area (Å²) in [5, 5.41) is 0. The molecule has 0 aromatic heterocycles. The molecule has 1 unspecified atom stereocenters. The Morgan fingerprint density at radius 1 is 0.317 bits per heavy atom. The Morgan fingerprint density at radius 3 is 0.805 bits per heavy atom. The van der Waals surface area contributed by atoms with Crippen LogP contribution in [0.25, 0.3) is 0 Å². The summed E-state index contributed by atoms with van der Waals surface area (Å²) >= 11 is 0. The second-order valence-electron chi connectivity index (χ2n) is 13.6. The van der Waals surface area contributed by atoms with Crippen LogP contribution in [0.15, 0.2) is 12.4 Å². The van der Waals surface area contributed by atoms with Crippen molar-refractivity contribution in [2.45, 2.75) is 226 Å². The minimum Gasteiger partial charge on any atom is -0.356 e. The van der Waals surface area contributed by atoms with Crippen molar-refractivity contribution in [3.63, 3.8) is 0 Å². The van der Waals surface area contributed by atoms with Crippen LogP contribution < -0.4 is 0 Å². The number of rotatable bonds is 33. The Labute approximate surface area is 260 Å². The Bertz CT molecular complexity index is 530. The third-order valence-corrected chi connectivity index (χ3v) is 9.55. The summed E-state index contributed by atoms with van der Waals surface area (Å²) in [4.78, 5) is 5.32. The normalized spacial score (nSPS) is 15.0. The Balaban J connectivity index is 1.92. The maximum Gasteiger partial charge on any atom is 0.101 e. The summed E-state index contributed by atoms with van der Waals surface area (Å²) < 4.78 is 0. The molecule has 2 heteroatoms. The van der Waals surface area contributed by atoms with Crippen molar-refractivity contribution >= 4 is 0 Å². The van der Waals surface area contributed by atoms with Gasteiger partial charge in [-0.2, -0.15) is 0 Å². The molecule has 0 saturated heterocycles. The van der Waals surface area contributed by atoms with E-state index in [-0.39, 0.29) is 0 Å². The van der Waals surface area contributed by atoms with E-state index in [9.17, 15) is 0 Å². The van der Waals surface area contributed by atoms with Crippen LogP contribution in [0.4, 0.5) is 0 Å². The molecule has 1 aliphatic heterocycles. The minimum atomic E-state index is 0.633. The second kappa shape index (κ2) is 30.8. The summed E-state index contributed by atoms with van der Waals surface area (Å²) in [5.74, 6) is 0. The molecule has 1 aliphatic rings. The van der Waals surface area contributed by atoms with Gasteiger partial charge in [0.25, 0.3) is 0 Å². The first kappa shape index (κ1) is 38.4. The van der Waals surface area contributed by atoms with Gasteiger partial charge in [-0.15, -0.1) is 0 Å². The topological polar surface area (TPSA) is 6.48 Å². The SMILES string of the molecule is CCCCCCCCCCCCCCCCCCCN1C=CN(CCCCCCCCCCCCCC)C1CCC. The molecular formula is C39H78N2. The quantitative estimate of drug-likeness (QED) is 0.0719. The molecule has 0 spiro atoms. The zero-order valence-electron chi connectivity index (χ0n) is 29.0. The lowest BCUT2D eigenvalue weighted by atomic mass is 10.0. The molecule has 0 amide bonds. The van der Waals surface area contributed by atoms with E-state index in [2.05, 4.69) is 43.0 Å². The molecule has 0 aromatic rings. The number of hydrogen-bond acceptors (Lipinski definition) is 2. The fraction of sp³-hybridized carbons (Fsp3) is 0.949. The fourth-order valence-corrected chi connectivity index (χ4v) is 6.75. The van der Waals surface area contributed by atoms with Crippen molar-refractivity contribution in [1.82, 2.24) is 9.80 Å². The minimum absolute atomic E-state index is 0.633. The molecule has 0 aliphatic carbocycles. The van der Waals surface area contributed by atoms with Crippen LogP contribution in [0.5, 0.6) is 0 Å². The highest BCUT2D eigenvalue weighted by molar-refractivity contribution is 4.96. The second-order valence-corrected chi connectivity index (χ2v) is 13.6. The zero-order chi connectivity index (χ0) is 29.5. The molecule has 0 fully saturated rings. The van der Waals surface area contributed by atoms with Gasteiger partial charge in [0.1, 0.15) is 6.17 Å². The number of nitrogens with zero attached hydrogens (tertiary/aromatic N) is 2. The van der Waals surface area contributed by atoms with E-state index >= 15 is 0 Å². The molecule has 1 heterocycles. The molecule has 2 nitrogen and oxygen atoms in total. The van der Waals surface area contributed by atoms with Gasteiger partial charge in [0.15, 0.2) is 0 Å². The smallest absolute Gasteiger partial charge is 0.101 e. The van der Waals surface area contributed by atoms with Gasteiger partial charge in [-0.05, 0) is 19.3 Å². The van der Waals surface area contributed by atoms with Gasteiger partial charge in [0.2, 0.25) is 0 Å². The lowest BCUT2D eigenvalue weighted by Gasteiger charge is -2.33. The van der Waals surface area contributed by atoms with Gasteiger partial charge < -0.3 is 9.80 Å². The number of unbranched alkanes of at least 4 members (excludes halogenated alkanes) is 27. The lowest BCUT2D eigenvalue weighted by Crippen LogP contribution is -2.39. The highest BCUT2D eigenvalue weighted by Gasteiger charge is 2.24. The van der Waals surface area contributed by atoms with E-state index in [1.807, 2.05) is 0 Å². The van der Waals surface area contributed by atoms with Crippen LogP contribution in [-0.2, 0) is 0 Å². The third-order valence-electron chi connectivity index (χ3n) is 9.55. The molecule has 0 radical (unpaired) electrons. The maximum atomic E-state index is 2.66. The van der Waals surface area contributed by atoms with Crippen LogP contribution in [0.1, 0.15) is 220 Å². The van der Waals surface area contributed by atoms with E-state index in [0.717, 1.165) is 0 Å². The Morgan fingerprint density at radius 2 is 0.561 bits per heavy atom. The van der Waals surface area contributed by atoms with E-state index in [4.69, 9.17) is 0 Å².